The van der Waals surface area contributed by atoms with Crippen molar-refractivity contribution in [1.82, 2.24) is 0 Å². The predicted molar refractivity (Wildman–Crippen MR) is 112 cm³/mol. The van der Waals surface area contributed by atoms with E-state index in [9.17, 15) is 9.59 Å². The van der Waals surface area contributed by atoms with Crippen molar-refractivity contribution in [3.8, 4) is 5.75 Å². The van der Waals surface area contributed by atoms with E-state index in [1.54, 1.807) is 48.5 Å². The van der Waals surface area contributed by atoms with Crippen molar-refractivity contribution in [2.24, 2.45) is 0 Å². The summed E-state index contributed by atoms with van der Waals surface area (Å²) in [5.74, 6) is -0.950. The summed E-state index contributed by atoms with van der Waals surface area (Å²) in [5.41, 5.74) is 1.22. The van der Waals surface area contributed by atoms with E-state index in [1.807, 2.05) is 0 Å². The summed E-state index contributed by atoms with van der Waals surface area (Å²) < 4.78 is 5.53. The number of amides is 1. The molecule has 0 spiro atoms. The maximum Gasteiger partial charge on any atom is 0.341 e. The van der Waals surface area contributed by atoms with Gasteiger partial charge in [0, 0.05) is 0 Å². The molecule has 2 aromatic carbocycles. The van der Waals surface area contributed by atoms with Gasteiger partial charge in [0.1, 0.15) is 5.75 Å². The second-order valence-corrected chi connectivity index (χ2v) is 7.86. The molecule has 138 valence electrons. The van der Waals surface area contributed by atoms with Crippen molar-refractivity contribution in [1.29, 1.82) is 0 Å². The Morgan fingerprint density at radius 1 is 1.22 bits per heavy atom. The van der Waals surface area contributed by atoms with E-state index < -0.39 is 12.6 Å². The highest BCUT2D eigenvalue weighted by Crippen LogP contribution is 2.38. The van der Waals surface area contributed by atoms with Gasteiger partial charge in [-0.1, -0.05) is 59.3 Å². The summed E-state index contributed by atoms with van der Waals surface area (Å²) in [4.78, 5) is 25.2. The number of carboxylic acids is 1. The zero-order valence-corrected chi connectivity index (χ0v) is 16.7. The summed E-state index contributed by atoms with van der Waals surface area (Å²) in [6, 6.07) is 11.6. The molecular weight excluding hydrogens is 429 g/mol. The minimum Gasteiger partial charge on any atom is -0.482 e. The van der Waals surface area contributed by atoms with E-state index in [-0.39, 0.29) is 5.91 Å². The number of aliphatic carboxylic acids is 1. The van der Waals surface area contributed by atoms with E-state index in [4.69, 9.17) is 45.3 Å². The van der Waals surface area contributed by atoms with Crippen molar-refractivity contribution >= 4 is 75.1 Å². The van der Waals surface area contributed by atoms with E-state index in [0.717, 1.165) is 11.8 Å². The molecule has 0 radical (unpaired) electrons. The Bertz CT molecular complexity index is 978. The Labute approximate surface area is 174 Å². The predicted octanol–water partition coefficient (Wildman–Crippen LogP) is 4.86. The molecular formula is C18H11Cl2NO4S2. The molecule has 5 nitrogen and oxygen atoms in total. The van der Waals surface area contributed by atoms with Crippen LogP contribution in [0.3, 0.4) is 0 Å². The summed E-state index contributed by atoms with van der Waals surface area (Å²) in [5, 5.41) is 9.41. The topological polar surface area (TPSA) is 66.8 Å². The molecule has 2 aromatic rings. The lowest BCUT2D eigenvalue weighted by Crippen LogP contribution is -2.27. The summed E-state index contributed by atoms with van der Waals surface area (Å²) >= 11 is 18.4. The average Bonchev–Trinajstić information content (AvgIpc) is 2.89. The van der Waals surface area contributed by atoms with Crippen LogP contribution in [-0.4, -0.2) is 27.9 Å². The van der Waals surface area contributed by atoms with Gasteiger partial charge < -0.3 is 9.84 Å². The maximum atomic E-state index is 12.8. The average molecular weight is 440 g/mol. The van der Waals surface area contributed by atoms with Gasteiger partial charge in [-0.15, -0.1) is 0 Å². The molecule has 0 saturated carbocycles. The van der Waals surface area contributed by atoms with Gasteiger partial charge in [-0.2, -0.15) is 0 Å². The molecule has 0 unspecified atom stereocenters. The second-order valence-electron chi connectivity index (χ2n) is 5.37. The van der Waals surface area contributed by atoms with Gasteiger partial charge in [0.15, 0.2) is 10.9 Å². The number of carbonyl (C=O) groups excluding carboxylic acids is 1. The first kappa shape index (κ1) is 19.7. The van der Waals surface area contributed by atoms with Crippen LogP contribution in [0.1, 0.15) is 5.56 Å². The second kappa shape index (κ2) is 8.31. The standard InChI is InChI=1S/C18H11Cl2NO4S2/c19-13-5-4-11(8-14(13)20)21-17(24)15(27-18(21)26)7-10-2-1-3-12(6-10)25-9-16(22)23/h1-8H,9H2,(H,22,23)/b15-7+. The molecule has 0 aromatic heterocycles. The minimum absolute atomic E-state index is 0.278. The molecule has 3 rings (SSSR count). The van der Waals surface area contributed by atoms with Gasteiger partial charge in [0.2, 0.25) is 0 Å². The van der Waals surface area contributed by atoms with Gasteiger partial charge in [-0.25, -0.2) is 4.79 Å². The molecule has 9 heteroatoms. The molecule has 0 atom stereocenters. The van der Waals surface area contributed by atoms with Crippen molar-refractivity contribution in [3.05, 3.63) is 63.0 Å². The Hall–Kier alpha value is -2.06. The molecule has 1 amide bonds. The molecule has 1 heterocycles. The number of carbonyl (C=O) groups is 2. The van der Waals surface area contributed by atoms with Crippen LogP contribution >= 0.6 is 47.2 Å². The number of ether oxygens (including phenoxy) is 1. The molecule has 1 aliphatic rings. The van der Waals surface area contributed by atoms with Gasteiger partial charge in [0.25, 0.3) is 5.91 Å². The van der Waals surface area contributed by atoms with E-state index >= 15 is 0 Å². The normalized spacial score (nSPS) is 15.5. The third-order valence-electron chi connectivity index (χ3n) is 3.47. The molecule has 1 N–H and O–H groups in total. The van der Waals surface area contributed by atoms with Crippen LogP contribution in [0.25, 0.3) is 6.08 Å². The fourth-order valence-electron chi connectivity index (χ4n) is 2.31. The molecule has 1 aliphatic heterocycles. The van der Waals surface area contributed by atoms with Crippen molar-refractivity contribution in [3.63, 3.8) is 0 Å². The number of nitrogens with zero attached hydrogens (tertiary/aromatic N) is 1. The Balaban J connectivity index is 1.85. The van der Waals surface area contributed by atoms with Crippen LogP contribution in [0.2, 0.25) is 10.0 Å². The lowest BCUT2D eigenvalue weighted by atomic mass is 10.2. The maximum absolute atomic E-state index is 12.8. The zero-order chi connectivity index (χ0) is 19.6. The number of thioether (sulfide) groups is 1. The quantitative estimate of drug-likeness (QED) is 0.529. The van der Waals surface area contributed by atoms with Crippen molar-refractivity contribution in [2.45, 2.75) is 0 Å². The molecule has 0 aliphatic carbocycles. The lowest BCUT2D eigenvalue weighted by Gasteiger charge is -2.15. The summed E-state index contributed by atoms with van der Waals surface area (Å²) in [6.07, 6.45) is 1.67. The highest BCUT2D eigenvalue weighted by molar-refractivity contribution is 8.27. The first-order valence-corrected chi connectivity index (χ1v) is 9.51. The smallest absolute Gasteiger partial charge is 0.341 e. The number of halogens is 2. The lowest BCUT2D eigenvalue weighted by molar-refractivity contribution is -0.139. The van der Waals surface area contributed by atoms with Crippen LogP contribution in [0.5, 0.6) is 5.75 Å². The molecule has 1 fully saturated rings. The first-order chi connectivity index (χ1) is 12.8. The van der Waals surface area contributed by atoms with Crippen LogP contribution in [0.4, 0.5) is 5.69 Å². The number of rotatable bonds is 5. The summed E-state index contributed by atoms with van der Waals surface area (Å²) in [6.45, 7) is -0.442. The van der Waals surface area contributed by atoms with Gasteiger partial charge in [-0.3, -0.25) is 9.69 Å². The zero-order valence-electron chi connectivity index (χ0n) is 13.5. The van der Waals surface area contributed by atoms with Crippen molar-refractivity contribution < 1.29 is 19.4 Å². The highest BCUT2D eigenvalue weighted by Gasteiger charge is 2.33. The van der Waals surface area contributed by atoms with Crippen LogP contribution in [0.15, 0.2) is 47.4 Å². The monoisotopic (exact) mass is 439 g/mol. The van der Waals surface area contributed by atoms with Crippen LogP contribution < -0.4 is 9.64 Å². The SMILES string of the molecule is O=C(O)COc1cccc(/C=C2/SC(=S)N(c3ccc(Cl)c(Cl)c3)C2=O)c1. The Morgan fingerprint density at radius 3 is 2.70 bits per heavy atom. The number of benzene rings is 2. The number of carboxylic acid groups (broad SMARTS) is 1. The van der Waals surface area contributed by atoms with Crippen LogP contribution in [-0.2, 0) is 9.59 Å². The van der Waals surface area contributed by atoms with E-state index in [2.05, 4.69) is 0 Å². The van der Waals surface area contributed by atoms with Gasteiger partial charge in [-0.05, 0) is 42.0 Å². The Morgan fingerprint density at radius 2 is 2.00 bits per heavy atom. The van der Waals surface area contributed by atoms with E-state index in [1.165, 1.54) is 4.90 Å². The van der Waals surface area contributed by atoms with E-state index in [0.29, 0.717) is 36.3 Å². The number of hydrogen-bond donors (Lipinski definition) is 1. The molecule has 1 saturated heterocycles. The highest BCUT2D eigenvalue weighted by atomic mass is 35.5. The molecule has 27 heavy (non-hydrogen) atoms. The largest absolute Gasteiger partial charge is 0.482 e. The third-order valence-corrected chi connectivity index (χ3v) is 5.51. The van der Waals surface area contributed by atoms with Crippen molar-refractivity contribution in [2.75, 3.05) is 11.5 Å². The number of anilines is 1. The first-order valence-electron chi connectivity index (χ1n) is 7.53. The van der Waals surface area contributed by atoms with Gasteiger partial charge in [0.05, 0.1) is 20.6 Å². The number of thiocarbonyl (C=S) groups is 1. The summed E-state index contributed by atoms with van der Waals surface area (Å²) in [7, 11) is 0. The van der Waals surface area contributed by atoms with Crippen LogP contribution in [0, 0.1) is 0 Å². The van der Waals surface area contributed by atoms with Gasteiger partial charge >= 0.3 is 5.97 Å². The molecule has 0 bridgehead atoms. The Kier molecular flexibility index (Phi) is 6.06. The third kappa shape index (κ3) is 4.62. The number of hydrogen-bond acceptors (Lipinski definition) is 5. The fourth-order valence-corrected chi connectivity index (χ4v) is 3.90. The minimum atomic E-state index is -1.07. The fraction of sp³-hybridized carbons (Fsp3) is 0.0556.